The lowest BCUT2D eigenvalue weighted by atomic mass is 10.1. The number of likely N-dealkylation sites (tertiary alicyclic amines) is 1. The largest absolute Gasteiger partial charge is 0.299 e. The van der Waals surface area contributed by atoms with Gasteiger partial charge in [0.15, 0.2) is 0 Å². The SMILES string of the molecule is C=C(CS)CN1CCC(CC)C1. The first-order chi connectivity index (χ1) is 5.76. The summed E-state index contributed by atoms with van der Waals surface area (Å²) in [5.41, 5.74) is 1.25. The highest BCUT2D eigenvalue weighted by Gasteiger charge is 2.20. The zero-order valence-electron chi connectivity index (χ0n) is 7.92. The molecule has 1 aliphatic heterocycles. The van der Waals surface area contributed by atoms with Gasteiger partial charge in [0, 0.05) is 18.8 Å². The van der Waals surface area contributed by atoms with Gasteiger partial charge in [-0.2, -0.15) is 12.6 Å². The molecule has 1 aliphatic rings. The molecule has 0 N–H and O–H groups in total. The molecule has 1 unspecified atom stereocenters. The molecular formula is C10H19NS. The number of hydrogen-bond acceptors (Lipinski definition) is 2. The topological polar surface area (TPSA) is 3.24 Å². The van der Waals surface area contributed by atoms with Crippen molar-refractivity contribution in [2.45, 2.75) is 19.8 Å². The van der Waals surface area contributed by atoms with Gasteiger partial charge in [0.25, 0.3) is 0 Å². The second kappa shape index (κ2) is 4.93. The van der Waals surface area contributed by atoms with E-state index in [0.29, 0.717) is 0 Å². The summed E-state index contributed by atoms with van der Waals surface area (Å²) in [4.78, 5) is 2.49. The Kier molecular flexibility index (Phi) is 4.16. The van der Waals surface area contributed by atoms with Crippen LogP contribution >= 0.6 is 12.6 Å². The van der Waals surface area contributed by atoms with E-state index in [1.54, 1.807) is 0 Å². The maximum absolute atomic E-state index is 4.21. The van der Waals surface area contributed by atoms with Crippen molar-refractivity contribution in [3.63, 3.8) is 0 Å². The molecule has 1 saturated heterocycles. The van der Waals surface area contributed by atoms with Gasteiger partial charge in [-0.3, -0.25) is 4.90 Å². The van der Waals surface area contributed by atoms with Crippen molar-refractivity contribution in [2.75, 3.05) is 25.4 Å². The molecule has 1 rings (SSSR count). The van der Waals surface area contributed by atoms with Crippen LogP contribution in [0.4, 0.5) is 0 Å². The Morgan fingerprint density at radius 1 is 1.67 bits per heavy atom. The molecule has 0 amide bonds. The van der Waals surface area contributed by atoms with Crippen LogP contribution in [-0.4, -0.2) is 30.3 Å². The highest BCUT2D eigenvalue weighted by atomic mass is 32.1. The molecule has 70 valence electrons. The fraction of sp³-hybridized carbons (Fsp3) is 0.800. The van der Waals surface area contributed by atoms with Crippen molar-refractivity contribution < 1.29 is 0 Å². The molecule has 0 saturated carbocycles. The normalized spacial score (nSPS) is 24.7. The number of hydrogen-bond donors (Lipinski definition) is 1. The van der Waals surface area contributed by atoms with Crippen molar-refractivity contribution in [2.24, 2.45) is 5.92 Å². The highest BCUT2D eigenvalue weighted by molar-refractivity contribution is 7.80. The summed E-state index contributed by atoms with van der Waals surface area (Å²) >= 11 is 4.21. The molecule has 2 heteroatoms. The van der Waals surface area contributed by atoms with E-state index >= 15 is 0 Å². The smallest absolute Gasteiger partial charge is 0.0198 e. The molecule has 0 bridgehead atoms. The molecule has 1 heterocycles. The average molecular weight is 185 g/mol. The Bertz CT molecular complexity index is 156. The zero-order valence-corrected chi connectivity index (χ0v) is 8.82. The summed E-state index contributed by atoms with van der Waals surface area (Å²) in [6.07, 6.45) is 2.69. The predicted molar refractivity (Wildman–Crippen MR) is 57.8 cm³/mol. The van der Waals surface area contributed by atoms with Gasteiger partial charge in [0.05, 0.1) is 0 Å². The first kappa shape index (κ1) is 10.1. The first-order valence-corrected chi connectivity index (χ1v) is 5.39. The molecule has 0 spiro atoms. The van der Waals surface area contributed by atoms with Crippen LogP contribution < -0.4 is 0 Å². The Labute approximate surface area is 81.2 Å². The van der Waals surface area contributed by atoms with Crippen molar-refractivity contribution >= 4 is 12.6 Å². The Hall–Kier alpha value is 0.0500. The molecular weight excluding hydrogens is 166 g/mol. The minimum absolute atomic E-state index is 0.827. The van der Waals surface area contributed by atoms with E-state index in [-0.39, 0.29) is 0 Å². The third-order valence-corrected chi connectivity index (χ3v) is 3.07. The van der Waals surface area contributed by atoms with E-state index in [4.69, 9.17) is 0 Å². The van der Waals surface area contributed by atoms with E-state index in [2.05, 4.69) is 31.0 Å². The monoisotopic (exact) mass is 185 g/mol. The van der Waals surface area contributed by atoms with Crippen molar-refractivity contribution in [1.29, 1.82) is 0 Å². The van der Waals surface area contributed by atoms with Crippen LogP contribution in [-0.2, 0) is 0 Å². The van der Waals surface area contributed by atoms with Gasteiger partial charge in [0.2, 0.25) is 0 Å². The molecule has 12 heavy (non-hydrogen) atoms. The lowest BCUT2D eigenvalue weighted by Gasteiger charge is -2.15. The second-order valence-electron chi connectivity index (χ2n) is 3.71. The van der Waals surface area contributed by atoms with Crippen LogP contribution in [0.3, 0.4) is 0 Å². The van der Waals surface area contributed by atoms with E-state index in [9.17, 15) is 0 Å². The summed E-state index contributed by atoms with van der Waals surface area (Å²) in [6, 6.07) is 0. The Morgan fingerprint density at radius 2 is 2.42 bits per heavy atom. The second-order valence-corrected chi connectivity index (χ2v) is 4.02. The molecule has 0 aromatic heterocycles. The van der Waals surface area contributed by atoms with Crippen LogP contribution in [0, 0.1) is 5.92 Å². The Balaban J connectivity index is 2.23. The van der Waals surface area contributed by atoms with Crippen LogP contribution in [0.1, 0.15) is 19.8 Å². The van der Waals surface area contributed by atoms with Gasteiger partial charge in [-0.1, -0.05) is 25.5 Å². The van der Waals surface area contributed by atoms with Crippen LogP contribution in [0.15, 0.2) is 12.2 Å². The van der Waals surface area contributed by atoms with Crippen molar-refractivity contribution in [3.05, 3.63) is 12.2 Å². The molecule has 1 atom stereocenters. The first-order valence-electron chi connectivity index (χ1n) is 4.76. The van der Waals surface area contributed by atoms with Gasteiger partial charge >= 0.3 is 0 Å². The summed E-state index contributed by atoms with van der Waals surface area (Å²) < 4.78 is 0. The predicted octanol–water partition coefficient (Wildman–Crippen LogP) is 2.20. The van der Waals surface area contributed by atoms with Crippen molar-refractivity contribution in [1.82, 2.24) is 4.90 Å². The summed E-state index contributed by atoms with van der Waals surface area (Å²) in [5, 5.41) is 0. The van der Waals surface area contributed by atoms with Crippen molar-refractivity contribution in [3.8, 4) is 0 Å². The standard InChI is InChI=1S/C10H19NS/c1-3-10-4-5-11(7-10)6-9(2)8-12/h10,12H,2-8H2,1H3. The summed E-state index contributed by atoms with van der Waals surface area (Å²) in [5.74, 6) is 1.76. The molecule has 0 aromatic rings. The fourth-order valence-corrected chi connectivity index (χ4v) is 1.86. The lowest BCUT2D eigenvalue weighted by molar-refractivity contribution is 0.350. The molecule has 0 aliphatic carbocycles. The van der Waals surface area contributed by atoms with Gasteiger partial charge in [-0.25, -0.2) is 0 Å². The van der Waals surface area contributed by atoms with E-state index in [0.717, 1.165) is 18.2 Å². The summed E-state index contributed by atoms with van der Waals surface area (Å²) in [7, 11) is 0. The van der Waals surface area contributed by atoms with Crippen LogP contribution in [0.25, 0.3) is 0 Å². The highest BCUT2D eigenvalue weighted by Crippen LogP contribution is 2.19. The van der Waals surface area contributed by atoms with Gasteiger partial charge in [-0.05, 0) is 18.9 Å². The maximum atomic E-state index is 4.21. The molecule has 0 aromatic carbocycles. The number of nitrogens with zero attached hydrogens (tertiary/aromatic N) is 1. The number of rotatable bonds is 4. The summed E-state index contributed by atoms with van der Waals surface area (Å²) in [6.45, 7) is 9.83. The Morgan fingerprint density at radius 3 is 2.92 bits per heavy atom. The molecule has 1 nitrogen and oxygen atoms in total. The maximum Gasteiger partial charge on any atom is 0.0198 e. The molecule has 0 radical (unpaired) electrons. The van der Waals surface area contributed by atoms with Gasteiger partial charge in [0.1, 0.15) is 0 Å². The van der Waals surface area contributed by atoms with Gasteiger partial charge < -0.3 is 0 Å². The van der Waals surface area contributed by atoms with E-state index in [1.165, 1.54) is 31.5 Å². The molecule has 1 fully saturated rings. The van der Waals surface area contributed by atoms with Crippen LogP contribution in [0.2, 0.25) is 0 Å². The zero-order chi connectivity index (χ0) is 8.97. The van der Waals surface area contributed by atoms with E-state index < -0.39 is 0 Å². The van der Waals surface area contributed by atoms with Gasteiger partial charge in [-0.15, -0.1) is 0 Å². The fourth-order valence-electron chi connectivity index (χ4n) is 1.76. The van der Waals surface area contributed by atoms with E-state index in [1.807, 2.05) is 0 Å². The minimum atomic E-state index is 0.827. The number of thiol groups is 1. The van der Waals surface area contributed by atoms with Crippen LogP contribution in [0.5, 0.6) is 0 Å². The lowest BCUT2D eigenvalue weighted by Crippen LogP contribution is -2.23. The quantitative estimate of drug-likeness (QED) is 0.519. The third-order valence-electron chi connectivity index (χ3n) is 2.62. The minimum Gasteiger partial charge on any atom is -0.299 e. The third kappa shape index (κ3) is 2.83. The average Bonchev–Trinajstić information content (AvgIpc) is 2.52.